The molecule has 3 aromatic rings. The minimum absolute atomic E-state index is 0.0433. The van der Waals surface area contributed by atoms with E-state index in [1.807, 2.05) is 42.5 Å². The highest BCUT2D eigenvalue weighted by Crippen LogP contribution is 2.15. The van der Waals surface area contributed by atoms with Crippen LogP contribution in [0.2, 0.25) is 0 Å². The summed E-state index contributed by atoms with van der Waals surface area (Å²) in [5.74, 6) is -0.306. The Morgan fingerprint density at radius 1 is 0.966 bits per heavy atom. The van der Waals surface area contributed by atoms with Gasteiger partial charge in [0, 0.05) is 30.2 Å². The van der Waals surface area contributed by atoms with Gasteiger partial charge in [-0.2, -0.15) is 0 Å². The summed E-state index contributed by atoms with van der Waals surface area (Å²) in [7, 11) is 0. The van der Waals surface area contributed by atoms with Gasteiger partial charge in [-0.1, -0.05) is 36.4 Å². The number of piperidine rings is 1. The Morgan fingerprint density at radius 3 is 2.41 bits per heavy atom. The Morgan fingerprint density at radius 2 is 1.66 bits per heavy atom. The van der Waals surface area contributed by atoms with Gasteiger partial charge in [-0.15, -0.1) is 0 Å². The SMILES string of the molecule is O=C(NC1CCN(C(=O)Nc2ccccc2)CC1)c1cc2ccccc2c(=O)[nH]1. The van der Waals surface area contributed by atoms with Crippen LogP contribution in [-0.2, 0) is 0 Å². The number of benzene rings is 2. The average Bonchev–Trinajstić information content (AvgIpc) is 2.75. The predicted octanol–water partition coefficient (Wildman–Crippen LogP) is 2.95. The highest BCUT2D eigenvalue weighted by Gasteiger charge is 2.24. The van der Waals surface area contributed by atoms with Crippen LogP contribution < -0.4 is 16.2 Å². The van der Waals surface area contributed by atoms with Crippen molar-refractivity contribution in [2.24, 2.45) is 0 Å². The fourth-order valence-corrected chi connectivity index (χ4v) is 3.55. The fraction of sp³-hybridized carbons (Fsp3) is 0.227. The number of rotatable bonds is 3. The van der Waals surface area contributed by atoms with Crippen molar-refractivity contribution in [3.63, 3.8) is 0 Å². The van der Waals surface area contributed by atoms with Crippen molar-refractivity contribution in [3.8, 4) is 0 Å². The number of anilines is 1. The zero-order valence-electron chi connectivity index (χ0n) is 15.9. The first kappa shape index (κ1) is 18.7. The molecule has 4 rings (SSSR count). The molecule has 0 spiro atoms. The van der Waals surface area contributed by atoms with E-state index in [1.165, 1.54) is 0 Å². The number of fused-ring (bicyclic) bond motifs is 1. The number of hydrogen-bond acceptors (Lipinski definition) is 3. The molecule has 2 aromatic carbocycles. The zero-order valence-corrected chi connectivity index (χ0v) is 15.9. The second kappa shape index (κ2) is 8.18. The molecule has 7 heteroatoms. The number of urea groups is 1. The summed E-state index contributed by atoms with van der Waals surface area (Å²) in [6.45, 7) is 1.11. The fourth-order valence-electron chi connectivity index (χ4n) is 3.55. The van der Waals surface area contributed by atoms with Gasteiger partial charge in [-0.25, -0.2) is 4.79 Å². The molecule has 0 unspecified atom stereocenters. The third-order valence-corrected chi connectivity index (χ3v) is 5.14. The van der Waals surface area contributed by atoms with Gasteiger partial charge in [0.25, 0.3) is 11.5 Å². The number of hydrogen-bond donors (Lipinski definition) is 3. The number of carbonyl (C=O) groups excluding carboxylic acids is 2. The maximum absolute atomic E-state index is 12.6. The van der Waals surface area contributed by atoms with Gasteiger partial charge in [-0.3, -0.25) is 9.59 Å². The maximum atomic E-state index is 12.6. The lowest BCUT2D eigenvalue weighted by Gasteiger charge is -2.32. The first-order chi connectivity index (χ1) is 14.1. The van der Waals surface area contributed by atoms with Gasteiger partial charge < -0.3 is 20.5 Å². The van der Waals surface area contributed by atoms with Crippen LogP contribution in [0.15, 0.2) is 65.5 Å². The van der Waals surface area contributed by atoms with Crippen molar-refractivity contribution >= 4 is 28.4 Å². The Kier molecular flexibility index (Phi) is 5.29. The third-order valence-electron chi connectivity index (χ3n) is 5.14. The number of carbonyl (C=O) groups is 2. The molecule has 0 bridgehead atoms. The van der Waals surface area contributed by atoms with Crippen molar-refractivity contribution in [1.29, 1.82) is 0 Å². The normalized spacial score (nSPS) is 14.6. The summed E-state index contributed by atoms with van der Waals surface area (Å²) in [6, 6.07) is 18.0. The molecular weight excluding hydrogens is 368 g/mol. The largest absolute Gasteiger partial charge is 0.348 e. The van der Waals surface area contributed by atoms with Crippen LogP contribution in [0.3, 0.4) is 0 Å². The molecule has 0 aliphatic carbocycles. The topological polar surface area (TPSA) is 94.3 Å². The first-order valence-corrected chi connectivity index (χ1v) is 9.64. The number of aromatic amines is 1. The number of H-pyrrole nitrogens is 1. The van der Waals surface area contributed by atoms with E-state index in [1.54, 1.807) is 23.1 Å². The van der Waals surface area contributed by atoms with E-state index in [0.717, 1.165) is 11.1 Å². The quantitative estimate of drug-likeness (QED) is 0.642. The monoisotopic (exact) mass is 390 g/mol. The van der Waals surface area contributed by atoms with Crippen LogP contribution in [0.5, 0.6) is 0 Å². The van der Waals surface area contributed by atoms with Crippen molar-refractivity contribution in [2.45, 2.75) is 18.9 Å². The summed E-state index contributed by atoms with van der Waals surface area (Å²) in [4.78, 5) is 41.5. The zero-order chi connectivity index (χ0) is 20.2. The molecule has 29 heavy (non-hydrogen) atoms. The van der Waals surface area contributed by atoms with Crippen LogP contribution in [0.1, 0.15) is 23.3 Å². The minimum Gasteiger partial charge on any atom is -0.348 e. The Hall–Kier alpha value is -3.61. The number of pyridine rings is 1. The highest BCUT2D eigenvalue weighted by molar-refractivity contribution is 5.96. The number of aromatic nitrogens is 1. The van der Waals surface area contributed by atoms with E-state index in [2.05, 4.69) is 15.6 Å². The lowest BCUT2D eigenvalue weighted by Crippen LogP contribution is -2.48. The summed E-state index contributed by atoms with van der Waals surface area (Å²) in [5.41, 5.74) is 0.729. The molecule has 1 saturated heterocycles. The minimum atomic E-state index is -0.306. The lowest BCUT2D eigenvalue weighted by atomic mass is 10.0. The van der Waals surface area contributed by atoms with Crippen molar-refractivity contribution in [1.82, 2.24) is 15.2 Å². The smallest absolute Gasteiger partial charge is 0.321 e. The molecular formula is C22H22N4O3. The van der Waals surface area contributed by atoms with Crippen molar-refractivity contribution in [2.75, 3.05) is 18.4 Å². The molecule has 0 saturated carbocycles. The van der Waals surface area contributed by atoms with Crippen LogP contribution in [-0.4, -0.2) is 41.0 Å². The van der Waals surface area contributed by atoms with Crippen LogP contribution in [0, 0.1) is 0 Å². The van der Waals surface area contributed by atoms with Gasteiger partial charge in [0.05, 0.1) is 0 Å². The molecule has 3 amide bonds. The van der Waals surface area contributed by atoms with E-state index < -0.39 is 0 Å². The van der Waals surface area contributed by atoms with Crippen molar-refractivity contribution < 1.29 is 9.59 Å². The van der Waals surface area contributed by atoms with Gasteiger partial charge in [0.2, 0.25) is 0 Å². The molecule has 1 fully saturated rings. The van der Waals surface area contributed by atoms with E-state index in [-0.39, 0.29) is 29.2 Å². The molecule has 7 nitrogen and oxygen atoms in total. The van der Waals surface area contributed by atoms with Crippen LogP contribution in [0.4, 0.5) is 10.5 Å². The summed E-state index contributed by atoms with van der Waals surface area (Å²) < 4.78 is 0. The number of nitrogens with zero attached hydrogens (tertiary/aromatic N) is 1. The number of amides is 3. The van der Waals surface area contributed by atoms with Gasteiger partial charge >= 0.3 is 6.03 Å². The third kappa shape index (κ3) is 4.29. The second-order valence-electron chi connectivity index (χ2n) is 7.13. The van der Waals surface area contributed by atoms with Crippen molar-refractivity contribution in [3.05, 3.63) is 76.7 Å². The Bertz CT molecular complexity index is 1090. The molecule has 0 atom stereocenters. The number of nitrogens with one attached hydrogen (secondary N) is 3. The maximum Gasteiger partial charge on any atom is 0.321 e. The Labute approximate surface area is 167 Å². The van der Waals surface area contributed by atoms with Gasteiger partial charge in [0.15, 0.2) is 0 Å². The van der Waals surface area contributed by atoms with E-state index in [0.29, 0.717) is 31.3 Å². The van der Waals surface area contributed by atoms with Gasteiger partial charge in [-0.05, 0) is 42.5 Å². The highest BCUT2D eigenvalue weighted by atomic mass is 16.2. The average molecular weight is 390 g/mol. The van der Waals surface area contributed by atoms with Crippen LogP contribution in [0.25, 0.3) is 10.8 Å². The molecule has 1 aromatic heterocycles. The Balaban J connectivity index is 1.34. The van der Waals surface area contributed by atoms with E-state index in [9.17, 15) is 14.4 Å². The lowest BCUT2D eigenvalue weighted by molar-refractivity contribution is 0.0914. The predicted molar refractivity (Wildman–Crippen MR) is 112 cm³/mol. The number of likely N-dealkylation sites (tertiary alicyclic amines) is 1. The summed E-state index contributed by atoms with van der Waals surface area (Å²) >= 11 is 0. The molecule has 0 radical (unpaired) electrons. The van der Waals surface area contributed by atoms with Crippen LogP contribution >= 0.6 is 0 Å². The van der Waals surface area contributed by atoms with E-state index in [4.69, 9.17) is 0 Å². The molecule has 148 valence electrons. The standard InChI is InChI=1S/C22H22N4O3/c27-20-18-9-5-4-6-15(18)14-19(25-20)21(28)23-17-10-12-26(13-11-17)22(29)24-16-7-2-1-3-8-16/h1-9,14,17H,10-13H2,(H,23,28)(H,24,29)(H,25,27). The molecule has 3 N–H and O–H groups in total. The van der Waals surface area contributed by atoms with Gasteiger partial charge in [0.1, 0.15) is 5.69 Å². The molecule has 1 aliphatic rings. The van der Waals surface area contributed by atoms with E-state index >= 15 is 0 Å². The molecule has 2 heterocycles. The first-order valence-electron chi connectivity index (χ1n) is 9.64. The summed E-state index contributed by atoms with van der Waals surface area (Å²) in [5, 5.41) is 7.13. The summed E-state index contributed by atoms with van der Waals surface area (Å²) in [6.07, 6.45) is 1.32. The molecule has 1 aliphatic heterocycles. The second-order valence-corrected chi connectivity index (χ2v) is 7.13. The number of para-hydroxylation sites is 1.